The van der Waals surface area contributed by atoms with Gasteiger partial charge in [-0.2, -0.15) is 4.31 Å². The lowest BCUT2D eigenvalue weighted by atomic mass is 9.86. The van der Waals surface area contributed by atoms with E-state index in [2.05, 4.69) is 15.5 Å². The quantitative estimate of drug-likeness (QED) is 0.583. The summed E-state index contributed by atoms with van der Waals surface area (Å²) in [5, 5.41) is 10.5. The van der Waals surface area contributed by atoms with Gasteiger partial charge in [-0.05, 0) is 50.3 Å². The summed E-state index contributed by atoms with van der Waals surface area (Å²) < 4.78 is 45.3. The van der Waals surface area contributed by atoms with Crippen molar-refractivity contribution >= 4 is 15.7 Å². The highest BCUT2D eigenvalue weighted by Gasteiger charge is 2.40. The number of anilines is 1. The lowest BCUT2D eigenvalue weighted by Gasteiger charge is -2.38. The van der Waals surface area contributed by atoms with Crippen molar-refractivity contribution in [1.82, 2.24) is 19.1 Å². The third-order valence-corrected chi connectivity index (χ3v) is 9.29. The fourth-order valence-corrected chi connectivity index (χ4v) is 7.06. The van der Waals surface area contributed by atoms with Crippen LogP contribution in [0.25, 0.3) is 0 Å². The van der Waals surface area contributed by atoms with Gasteiger partial charge in [0, 0.05) is 35.9 Å². The molecule has 5 rings (SSSR count). The van der Waals surface area contributed by atoms with Crippen molar-refractivity contribution in [3.63, 3.8) is 0 Å². The Morgan fingerprint density at radius 3 is 2.48 bits per heavy atom. The summed E-state index contributed by atoms with van der Waals surface area (Å²) in [4.78, 5) is 0. The summed E-state index contributed by atoms with van der Waals surface area (Å²) in [5.74, 6) is -0.390. The van der Waals surface area contributed by atoms with Crippen LogP contribution < -0.4 is 5.32 Å². The zero-order valence-electron chi connectivity index (χ0n) is 18.5. The van der Waals surface area contributed by atoms with E-state index >= 15 is 0 Å². The molecule has 2 aromatic carbocycles. The third-order valence-electron chi connectivity index (χ3n) is 6.92. The molecule has 0 spiro atoms. The Balaban J connectivity index is 1.27. The van der Waals surface area contributed by atoms with Gasteiger partial charge in [-0.1, -0.05) is 36.4 Å². The van der Waals surface area contributed by atoms with Crippen molar-refractivity contribution < 1.29 is 12.8 Å². The molecule has 174 valence electrons. The smallest absolute Gasteiger partial charge is 0.221 e. The third kappa shape index (κ3) is 4.39. The largest absolute Gasteiger partial charge is 0.382 e. The van der Waals surface area contributed by atoms with Crippen LogP contribution in [0.5, 0.6) is 0 Å². The first-order valence-electron chi connectivity index (χ1n) is 11.4. The van der Waals surface area contributed by atoms with Crippen LogP contribution >= 0.6 is 0 Å². The summed E-state index contributed by atoms with van der Waals surface area (Å²) in [6.45, 7) is 1.94. The number of sulfonamides is 1. The van der Waals surface area contributed by atoms with Crippen LogP contribution in [-0.4, -0.2) is 39.6 Å². The number of halogens is 1. The normalized spacial score (nSPS) is 27.1. The zero-order chi connectivity index (χ0) is 23.0. The molecule has 1 aliphatic heterocycles. The molecule has 0 amide bonds. The van der Waals surface area contributed by atoms with E-state index in [1.807, 2.05) is 47.9 Å². The van der Waals surface area contributed by atoms with E-state index in [1.165, 1.54) is 10.4 Å². The van der Waals surface area contributed by atoms with Crippen LogP contribution in [0.1, 0.15) is 55.0 Å². The molecule has 1 saturated heterocycles. The minimum Gasteiger partial charge on any atom is -0.382 e. The van der Waals surface area contributed by atoms with E-state index in [0.29, 0.717) is 23.7 Å². The lowest BCUT2D eigenvalue weighted by Crippen LogP contribution is -2.44. The van der Waals surface area contributed by atoms with Gasteiger partial charge in [0.15, 0.2) is 0 Å². The Morgan fingerprint density at radius 1 is 1.06 bits per heavy atom. The van der Waals surface area contributed by atoms with Crippen LogP contribution in [0.4, 0.5) is 10.1 Å². The van der Waals surface area contributed by atoms with Crippen molar-refractivity contribution in [1.29, 1.82) is 0 Å². The zero-order valence-corrected chi connectivity index (χ0v) is 19.3. The average Bonchev–Trinajstić information content (AvgIpc) is 3.29. The molecule has 2 aliphatic rings. The van der Waals surface area contributed by atoms with Crippen molar-refractivity contribution in [2.24, 2.45) is 0 Å². The number of aromatic nitrogens is 3. The first-order chi connectivity index (χ1) is 15.9. The van der Waals surface area contributed by atoms with Crippen molar-refractivity contribution in [2.45, 2.75) is 62.5 Å². The highest BCUT2D eigenvalue weighted by molar-refractivity contribution is 7.89. The average molecular weight is 470 g/mol. The molecule has 2 fully saturated rings. The standard InChI is InChI=1S/C24H28FN5O2S/c1-17-7-10-24(18-5-3-2-4-6-18)33(31,32)30(17)14-19-8-9-20(13-23(19)25)28-21-11-22(12-21)29-15-26-27-16-29/h2-6,8-9,13,15-17,21-22,24,28H,7,10-12,14H2,1H3/t17-,21-,22+,24?/m0/s1. The molecule has 9 heteroatoms. The SMILES string of the molecule is C[C@H]1CCC(c2ccccc2)S(=O)(=O)N1Cc1ccc(N[C@H]2C[C@@H](n3cnnc3)C2)cc1F. The molecule has 2 heterocycles. The summed E-state index contributed by atoms with van der Waals surface area (Å²) in [6, 6.07) is 14.8. The summed E-state index contributed by atoms with van der Waals surface area (Å²) >= 11 is 0. The minimum atomic E-state index is -3.59. The van der Waals surface area contributed by atoms with E-state index in [0.717, 1.165) is 24.8 Å². The van der Waals surface area contributed by atoms with Gasteiger partial charge in [0.05, 0.1) is 0 Å². The predicted octanol–water partition coefficient (Wildman–Crippen LogP) is 4.29. The number of nitrogens with zero attached hydrogens (tertiary/aromatic N) is 4. The van der Waals surface area contributed by atoms with E-state index in [4.69, 9.17) is 0 Å². The minimum absolute atomic E-state index is 0.0398. The monoisotopic (exact) mass is 469 g/mol. The maximum atomic E-state index is 15.0. The number of hydrogen-bond donors (Lipinski definition) is 1. The molecule has 2 atom stereocenters. The van der Waals surface area contributed by atoms with E-state index in [-0.39, 0.29) is 24.4 Å². The van der Waals surface area contributed by atoms with Crippen LogP contribution in [0.15, 0.2) is 61.2 Å². The molecule has 1 aliphatic carbocycles. The first-order valence-corrected chi connectivity index (χ1v) is 12.9. The molecular formula is C24H28FN5O2S. The van der Waals surface area contributed by atoms with E-state index < -0.39 is 15.3 Å². The van der Waals surface area contributed by atoms with Gasteiger partial charge in [-0.15, -0.1) is 10.2 Å². The van der Waals surface area contributed by atoms with Crippen molar-refractivity contribution in [2.75, 3.05) is 5.32 Å². The second-order valence-electron chi connectivity index (χ2n) is 9.10. The summed E-state index contributed by atoms with van der Waals surface area (Å²) in [5.41, 5.74) is 1.89. The van der Waals surface area contributed by atoms with Crippen LogP contribution in [0, 0.1) is 5.82 Å². The fraction of sp³-hybridized carbons (Fsp3) is 0.417. The topological polar surface area (TPSA) is 80.1 Å². The molecule has 1 saturated carbocycles. The Hall–Kier alpha value is -2.78. The Labute approximate surface area is 193 Å². The van der Waals surface area contributed by atoms with Gasteiger partial charge in [0.25, 0.3) is 0 Å². The van der Waals surface area contributed by atoms with Gasteiger partial charge in [-0.25, -0.2) is 12.8 Å². The molecule has 1 unspecified atom stereocenters. The van der Waals surface area contributed by atoms with Crippen LogP contribution in [0.3, 0.4) is 0 Å². The van der Waals surface area contributed by atoms with E-state index in [1.54, 1.807) is 18.7 Å². The molecule has 1 N–H and O–H groups in total. The fourth-order valence-electron chi connectivity index (χ4n) is 4.87. The molecule has 33 heavy (non-hydrogen) atoms. The lowest BCUT2D eigenvalue weighted by molar-refractivity contribution is 0.279. The highest BCUT2D eigenvalue weighted by atomic mass is 32.2. The number of nitrogens with one attached hydrogen (secondary N) is 1. The molecule has 0 radical (unpaired) electrons. The molecular weight excluding hydrogens is 441 g/mol. The van der Waals surface area contributed by atoms with Crippen molar-refractivity contribution in [3.8, 4) is 0 Å². The second-order valence-corrected chi connectivity index (χ2v) is 11.2. The predicted molar refractivity (Wildman–Crippen MR) is 124 cm³/mol. The van der Waals surface area contributed by atoms with Gasteiger partial charge < -0.3 is 9.88 Å². The maximum Gasteiger partial charge on any atom is 0.221 e. The molecule has 3 aromatic rings. The number of benzene rings is 2. The highest BCUT2D eigenvalue weighted by Crippen LogP contribution is 2.38. The van der Waals surface area contributed by atoms with E-state index in [9.17, 15) is 12.8 Å². The van der Waals surface area contributed by atoms with Crippen LogP contribution in [0.2, 0.25) is 0 Å². The maximum absolute atomic E-state index is 15.0. The Bertz CT molecular complexity index is 1200. The Morgan fingerprint density at radius 2 is 1.79 bits per heavy atom. The summed E-state index contributed by atoms with van der Waals surface area (Å²) in [6.07, 6.45) is 6.60. The molecule has 7 nitrogen and oxygen atoms in total. The van der Waals surface area contributed by atoms with Gasteiger partial charge in [0.2, 0.25) is 10.0 Å². The second kappa shape index (κ2) is 8.87. The van der Waals surface area contributed by atoms with Crippen LogP contribution in [-0.2, 0) is 16.6 Å². The van der Waals surface area contributed by atoms with Crippen molar-refractivity contribution in [3.05, 3.63) is 78.1 Å². The van der Waals surface area contributed by atoms with Gasteiger partial charge >= 0.3 is 0 Å². The van der Waals surface area contributed by atoms with Gasteiger partial charge in [-0.3, -0.25) is 0 Å². The Kier molecular flexibility index (Phi) is 5.92. The molecule has 1 aromatic heterocycles. The number of rotatable bonds is 6. The molecule has 0 bridgehead atoms. The summed E-state index contributed by atoms with van der Waals surface area (Å²) in [7, 11) is -3.59. The first kappa shape index (κ1) is 22.0. The van der Waals surface area contributed by atoms with Gasteiger partial charge in [0.1, 0.15) is 23.7 Å². The number of hydrogen-bond acceptors (Lipinski definition) is 5.